The summed E-state index contributed by atoms with van der Waals surface area (Å²) in [5.41, 5.74) is 3.11. The van der Waals surface area contributed by atoms with E-state index in [1.807, 2.05) is 67.9 Å². The van der Waals surface area contributed by atoms with Crippen molar-refractivity contribution in [3.63, 3.8) is 0 Å². The Hall–Kier alpha value is -2.53. The lowest BCUT2D eigenvalue weighted by Gasteiger charge is -2.11. The molecule has 0 unspecified atom stereocenters. The van der Waals surface area contributed by atoms with Crippen LogP contribution in [0.2, 0.25) is 0 Å². The molecule has 0 aliphatic carbocycles. The molecule has 1 heterocycles. The third-order valence-electron chi connectivity index (χ3n) is 4.01. The van der Waals surface area contributed by atoms with Gasteiger partial charge >= 0.3 is 0 Å². The van der Waals surface area contributed by atoms with Crippen LogP contribution in [0.4, 0.5) is 5.69 Å². The Labute approximate surface area is 152 Å². The number of hydrogen-bond donors (Lipinski definition) is 1. The molecule has 0 saturated heterocycles. The van der Waals surface area contributed by atoms with Crippen LogP contribution in [0.15, 0.2) is 64.4 Å². The van der Waals surface area contributed by atoms with Crippen molar-refractivity contribution in [2.45, 2.75) is 37.1 Å². The molecule has 5 heteroatoms. The molecule has 3 rings (SSSR count). The Morgan fingerprint density at radius 2 is 1.76 bits per heavy atom. The zero-order valence-corrected chi connectivity index (χ0v) is 15.4. The van der Waals surface area contributed by atoms with Crippen LogP contribution in [0.5, 0.6) is 0 Å². The molecule has 1 aromatic heterocycles. The van der Waals surface area contributed by atoms with Gasteiger partial charge in [-0.25, -0.2) is 0 Å². The van der Waals surface area contributed by atoms with Gasteiger partial charge in [0.25, 0.3) is 5.91 Å². The van der Waals surface area contributed by atoms with Crippen LogP contribution in [0.1, 0.15) is 28.7 Å². The van der Waals surface area contributed by atoms with Crippen molar-refractivity contribution < 1.29 is 4.79 Å². The summed E-state index contributed by atoms with van der Waals surface area (Å²) in [5, 5.41) is 7.49. The van der Waals surface area contributed by atoms with Crippen LogP contribution in [-0.4, -0.2) is 15.7 Å². The van der Waals surface area contributed by atoms with Gasteiger partial charge in [0.05, 0.1) is 16.9 Å². The van der Waals surface area contributed by atoms with Gasteiger partial charge in [0.15, 0.2) is 0 Å². The number of nitrogens with one attached hydrogen (secondary N) is 1. The molecule has 0 bridgehead atoms. The number of hydrogen-bond acceptors (Lipinski definition) is 3. The van der Waals surface area contributed by atoms with Crippen LogP contribution in [-0.2, 0) is 6.54 Å². The van der Waals surface area contributed by atoms with E-state index in [1.165, 1.54) is 0 Å². The highest BCUT2D eigenvalue weighted by atomic mass is 32.2. The second-order valence-corrected chi connectivity index (χ2v) is 6.84. The fourth-order valence-electron chi connectivity index (χ4n) is 2.79. The van der Waals surface area contributed by atoms with E-state index in [0.717, 1.165) is 33.4 Å². The molecule has 4 nitrogen and oxygen atoms in total. The summed E-state index contributed by atoms with van der Waals surface area (Å²) in [4.78, 5) is 15.0. The fraction of sp³-hybridized carbons (Fsp3) is 0.200. The van der Waals surface area contributed by atoms with E-state index in [4.69, 9.17) is 0 Å². The Bertz CT molecular complexity index is 887. The maximum absolute atomic E-state index is 12.8. The number of aromatic nitrogens is 2. The highest BCUT2D eigenvalue weighted by molar-refractivity contribution is 7.99. The maximum Gasteiger partial charge on any atom is 0.259 e. The minimum Gasteiger partial charge on any atom is -0.321 e. The van der Waals surface area contributed by atoms with Crippen LogP contribution in [0.3, 0.4) is 0 Å². The number of rotatable bonds is 5. The fourth-order valence-corrected chi connectivity index (χ4v) is 3.72. The van der Waals surface area contributed by atoms with Crippen LogP contribution >= 0.6 is 11.8 Å². The SMILES string of the molecule is CCn1nc(C)c(C(=O)Nc2ccccc2Sc2ccccc2)c1C. The van der Waals surface area contributed by atoms with E-state index in [1.54, 1.807) is 11.8 Å². The molecule has 25 heavy (non-hydrogen) atoms. The number of aryl methyl sites for hydroxylation is 2. The van der Waals surface area contributed by atoms with Crippen LogP contribution < -0.4 is 5.32 Å². The smallest absolute Gasteiger partial charge is 0.259 e. The summed E-state index contributed by atoms with van der Waals surface area (Å²) in [6.07, 6.45) is 0. The number of para-hydroxylation sites is 1. The molecular weight excluding hydrogens is 330 g/mol. The molecule has 0 radical (unpaired) electrons. The van der Waals surface area contributed by atoms with E-state index < -0.39 is 0 Å². The molecule has 0 spiro atoms. The van der Waals surface area contributed by atoms with Gasteiger partial charge in [-0.1, -0.05) is 42.1 Å². The summed E-state index contributed by atoms with van der Waals surface area (Å²) in [6, 6.07) is 18.0. The third-order valence-corrected chi connectivity index (χ3v) is 5.10. The van der Waals surface area contributed by atoms with Gasteiger partial charge < -0.3 is 5.32 Å². The van der Waals surface area contributed by atoms with Gasteiger partial charge in [-0.05, 0) is 45.0 Å². The number of anilines is 1. The normalized spacial score (nSPS) is 10.7. The highest BCUT2D eigenvalue weighted by Crippen LogP contribution is 2.33. The van der Waals surface area contributed by atoms with Gasteiger partial charge in [0, 0.05) is 22.0 Å². The lowest BCUT2D eigenvalue weighted by atomic mass is 10.2. The zero-order valence-electron chi connectivity index (χ0n) is 14.6. The summed E-state index contributed by atoms with van der Waals surface area (Å²) in [5.74, 6) is -0.115. The summed E-state index contributed by atoms with van der Waals surface area (Å²) >= 11 is 1.63. The molecule has 0 atom stereocenters. The Balaban J connectivity index is 1.86. The lowest BCUT2D eigenvalue weighted by Crippen LogP contribution is -2.14. The van der Waals surface area contributed by atoms with Gasteiger partial charge in [0.1, 0.15) is 0 Å². The first-order chi connectivity index (χ1) is 12.1. The molecule has 0 aliphatic heterocycles. The number of nitrogens with zero attached hydrogens (tertiary/aromatic N) is 2. The molecule has 2 aromatic carbocycles. The van der Waals surface area contributed by atoms with Crippen molar-refractivity contribution in [3.05, 3.63) is 71.5 Å². The first kappa shape index (κ1) is 17.3. The molecule has 0 fully saturated rings. The second-order valence-electron chi connectivity index (χ2n) is 5.73. The molecule has 0 saturated carbocycles. The van der Waals surface area contributed by atoms with Crippen molar-refractivity contribution in [1.82, 2.24) is 9.78 Å². The van der Waals surface area contributed by atoms with Crippen molar-refractivity contribution in [2.75, 3.05) is 5.32 Å². The van der Waals surface area contributed by atoms with Gasteiger partial charge in [-0.2, -0.15) is 5.10 Å². The van der Waals surface area contributed by atoms with Crippen molar-refractivity contribution in [3.8, 4) is 0 Å². The first-order valence-electron chi connectivity index (χ1n) is 8.27. The topological polar surface area (TPSA) is 46.9 Å². The van der Waals surface area contributed by atoms with Crippen molar-refractivity contribution in [2.24, 2.45) is 0 Å². The predicted octanol–water partition coefficient (Wildman–Crippen LogP) is 4.92. The maximum atomic E-state index is 12.8. The van der Waals surface area contributed by atoms with Gasteiger partial charge in [0.2, 0.25) is 0 Å². The number of benzene rings is 2. The average molecular weight is 351 g/mol. The standard InChI is InChI=1S/C20H21N3OS/c1-4-23-15(3)19(14(2)22-23)20(24)21-17-12-8-9-13-18(17)25-16-10-6-5-7-11-16/h5-13H,4H2,1-3H3,(H,21,24). The molecular formula is C20H21N3OS. The summed E-state index contributed by atoms with van der Waals surface area (Å²) in [7, 11) is 0. The number of amides is 1. The first-order valence-corrected chi connectivity index (χ1v) is 9.09. The third kappa shape index (κ3) is 3.77. The average Bonchev–Trinajstić information content (AvgIpc) is 2.91. The zero-order chi connectivity index (χ0) is 17.8. The number of carbonyl (C=O) groups is 1. The van der Waals surface area contributed by atoms with Crippen LogP contribution in [0.25, 0.3) is 0 Å². The second kappa shape index (κ2) is 7.57. The molecule has 1 N–H and O–H groups in total. The van der Waals surface area contributed by atoms with E-state index in [9.17, 15) is 4.79 Å². The lowest BCUT2D eigenvalue weighted by molar-refractivity contribution is 0.102. The minimum atomic E-state index is -0.115. The largest absolute Gasteiger partial charge is 0.321 e. The minimum absolute atomic E-state index is 0.115. The van der Waals surface area contributed by atoms with E-state index in [-0.39, 0.29) is 5.91 Å². The molecule has 128 valence electrons. The van der Waals surface area contributed by atoms with Gasteiger partial charge in [-0.3, -0.25) is 9.48 Å². The van der Waals surface area contributed by atoms with Crippen molar-refractivity contribution in [1.29, 1.82) is 0 Å². The van der Waals surface area contributed by atoms with Crippen LogP contribution in [0, 0.1) is 13.8 Å². The molecule has 3 aromatic rings. The van der Waals surface area contributed by atoms with E-state index >= 15 is 0 Å². The predicted molar refractivity (Wildman–Crippen MR) is 102 cm³/mol. The monoisotopic (exact) mass is 351 g/mol. The highest BCUT2D eigenvalue weighted by Gasteiger charge is 2.19. The van der Waals surface area contributed by atoms with Gasteiger partial charge in [-0.15, -0.1) is 0 Å². The Morgan fingerprint density at radius 3 is 2.44 bits per heavy atom. The molecule has 0 aliphatic rings. The Kier molecular flexibility index (Phi) is 5.24. The summed E-state index contributed by atoms with van der Waals surface area (Å²) in [6.45, 7) is 6.58. The Morgan fingerprint density at radius 1 is 1.08 bits per heavy atom. The summed E-state index contributed by atoms with van der Waals surface area (Å²) < 4.78 is 1.86. The quantitative estimate of drug-likeness (QED) is 0.709. The number of carbonyl (C=O) groups excluding carboxylic acids is 1. The van der Waals surface area contributed by atoms with Crippen molar-refractivity contribution >= 4 is 23.4 Å². The van der Waals surface area contributed by atoms with E-state index in [0.29, 0.717) is 5.56 Å². The van der Waals surface area contributed by atoms with E-state index in [2.05, 4.69) is 22.5 Å². The molecule has 1 amide bonds.